The Morgan fingerprint density at radius 2 is 2.13 bits per heavy atom. The minimum Gasteiger partial charge on any atom is -0.492 e. The van der Waals surface area contributed by atoms with E-state index >= 15 is 0 Å². The van der Waals surface area contributed by atoms with Crippen LogP contribution in [0.5, 0.6) is 11.5 Å². The number of allylic oxidation sites excluding steroid dienone is 1. The molecule has 0 radical (unpaired) electrons. The van der Waals surface area contributed by atoms with Gasteiger partial charge in [0.05, 0.1) is 35.1 Å². The van der Waals surface area contributed by atoms with E-state index in [0.29, 0.717) is 48.5 Å². The predicted molar refractivity (Wildman–Crippen MR) is 126 cm³/mol. The molecule has 0 bridgehead atoms. The molecule has 3 rings (SSSR count). The molecule has 2 heterocycles. The van der Waals surface area contributed by atoms with Crippen LogP contribution in [0.2, 0.25) is 5.02 Å². The number of aromatic nitrogens is 1. The topological polar surface area (TPSA) is 62.1 Å². The summed E-state index contributed by atoms with van der Waals surface area (Å²) in [5.74, 6) is 1.21. The van der Waals surface area contributed by atoms with E-state index < -0.39 is 0 Å². The van der Waals surface area contributed by atoms with Gasteiger partial charge in [-0.25, -0.2) is 0 Å². The maximum absolute atomic E-state index is 13.1. The summed E-state index contributed by atoms with van der Waals surface area (Å²) in [6, 6.07) is 5.25. The fraction of sp³-hybridized carbons (Fsp3) is 0.417. The van der Waals surface area contributed by atoms with Crippen molar-refractivity contribution in [1.29, 1.82) is 0 Å². The molecule has 0 saturated heterocycles. The number of ether oxygens (including phenoxy) is 3. The molecule has 1 aliphatic heterocycles. The summed E-state index contributed by atoms with van der Waals surface area (Å²) in [4.78, 5) is 17.5. The highest BCUT2D eigenvalue weighted by Gasteiger charge is 2.21. The first kappa shape index (κ1) is 23.1. The summed E-state index contributed by atoms with van der Waals surface area (Å²) in [6.45, 7) is 8.10. The maximum atomic E-state index is 13.1. The molecule has 0 saturated carbocycles. The molecule has 0 spiro atoms. The summed E-state index contributed by atoms with van der Waals surface area (Å²) in [7, 11) is 1.66. The highest BCUT2D eigenvalue weighted by molar-refractivity contribution is 6.32. The third-order valence-corrected chi connectivity index (χ3v) is 5.52. The fourth-order valence-electron chi connectivity index (χ4n) is 3.48. The smallest absolute Gasteiger partial charge is 0.191 e. The Morgan fingerprint density at radius 3 is 2.84 bits per heavy atom. The molecule has 1 aromatic heterocycles. The third-order valence-electron chi connectivity index (χ3n) is 5.23. The number of benzene rings is 1. The zero-order valence-corrected chi connectivity index (χ0v) is 19.3. The molecule has 0 atom stereocenters. The second kappa shape index (κ2) is 10.6. The number of fused-ring (bicyclic) bond motifs is 3. The van der Waals surface area contributed by atoms with Gasteiger partial charge in [-0.2, -0.15) is 0 Å². The maximum Gasteiger partial charge on any atom is 0.191 e. The van der Waals surface area contributed by atoms with Crippen molar-refractivity contribution in [3.63, 3.8) is 0 Å². The van der Waals surface area contributed by atoms with Gasteiger partial charge in [0.25, 0.3) is 0 Å². The van der Waals surface area contributed by atoms with E-state index in [1.54, 1.807) is 31.5 Å². The van der Waals surface area contributed by atoms with E-state index in [9.17, 15) is 4.79 Å². The average molecular weight is 445 g/mol. The van der Waals surface area contributed by atoms with Gasteiger partial charge < -0.3 is 18.8 Å². The van der Waals surface area contributed by atoms with Crippen LogP contribution in [0, 0.1) is 0 Å². The number of hydrogen-bond acceptors (Lipinski definition) is 5. The third kappa shape index (κ3) is 5.20. The molecule has 166 valence electrons. The SMILES string of the molecule is CC=N/C(=C(/C)CC)c1cn2c(cc1=O)-c1cc(Cl)c(OCCCOC)cc1OCC2. The largest absolute Gasteiger partial charge is 0.492 e. The predicted octanol–water partition coefficient (Wildman–Crippen LogP) is 5.21. The van der Waals surface area contributed by atoms with Crippen molar-refractivity contribution in [2.75, 3.05) is 26.9 Å². The fourth-order valence-corrected chi connectivity index (χ4v) is 3.70. The molecule has 31 heavy (non-hydrogen) atoms. The van der Waals surface area contributed by atoms with Crippen LogP contribution in [0.3, 0.4) is 0 Å². The van der Waals surface area contributed by atoms with Crippen molar-refractivity contribution in [3.8, 4) is 22.8 Å². The van der Waals surface area contributed by atoms with Crippen molar-refractivity contribution < 1.29 is 14.2 Å². The quantitative estimate of drug-likeness (QED) is 0.414. The van der Waals surface area contributed by atoms with E-state index in [-0.39, 0.29) is 5.43 Å². The van der Waals surface area contributed by atoms with Crippen molar-refractivity contribution in [3.05, 3.63) is 50.8 Å². The standard InChI is InChI=1S/C24H29ClN2O4/c1-5-16(3)24(26-6-2)18-15-27-8-11-31-22-14-23(30-10-7-9-29-4)19(25)12-17(22)20(27)13-21(18)28/h6,12-15H,5,7-11H2,1-4H3/b24-16-,26-6?. The average Bonchev–Trinajstić information content (AvgIpc) is 2.93. The lowest BCUT2D eigenvalue weighted by atomic mass is 10.0. The first-order chi connectivity index (χ1) is 15.0. The molecule has 2 aromatic rings. The van der Waals surface area contributed by atoms with Gasteiger partial charge in [-0.3, -0.25) is 9.79 Å². The molecule has 0 unspecified atom stereocenters. The molecular formula is C24H29ClN2O4. The van der Waals surface area contributed by atoms with E-state index in [0.717, 1.165) is 35.4 Å². The van der Waals surface area contributed by atoms with Crippen LogP contribution in [-0.2, 0) is 11.3 Å². The van der Waals surface area contributed by atoms with E-state index in [4.69, 9.17) is 25.8 Å². The van der Waals surface area contributed by atoms with E-state index in [1.165, 1.54) is 0 Å². The Hall–Kier alpha value is -2.57. The van der Waals surface area contributed by atoms with Crippen LogP contribution in [0.25, 0.3) is 17.0 Å². The van der Waals surface area contributed by atoms with Gasteiger partial charge in [0.15, 0.2) is 5.43 Å². The zero-order chi connectivity index (χ0) is 22.4. The number of methoxy groups -OCH3 is 1. The monoisotopic (exact) mass is 444 g/mol. The summed E-state index contributed by atoms with van der Waals surface area (Å²) in [5, 5.41) is 0.475. The minimum absolute atomic E-state index is 0.0801. The van der Waals surface area contributed by atoms with Crippen LogP contribution < -0.4 is 14.9 Å². The number of aliphatic imine (C=N–C) groups is 1. The lowest BCUT2D eigenvalue weighted by Crippen LogP contribution is -2.15. The molecule has 0 amide bonds. The van der Waals surface area contributed by atoms with Crippen molar-refractivity contribution in [2.45, 2.75) is 40.2 Å². The Kier molecular flexibility index (Phi) is 7.93. The second-order valence-electron chi connectivity index (χ2n) is 7.32. The Bertz CT molecular complexity index is 1060. The highest BCUT2D eigenvalue weighted by Crippen LogP contribution is 2.40. The van der Waals surface area contributed by atoms with Gasteiger partial charge in [0.1, 0.15) is 18.1 Å². The Labute approximate surface area is 188 Å². The summed E-state index contributed by atoms with van der Waals surface area (Å²) in [6.07, 6.45) is 5.18. The summed E-state index contributed by atoms with van der Waals surface area (Å²) in [5.41, 5.74) is 3.85. The first-order valence-electron chi connectivity index (χ1n) is 10.5. The van der Waals surface area contributed by atoms with Gasteiger partial charge in [0.2, 0.25) is 0 Å². The number of rotatable bonds is 8. The lowest BCUT2D eigenvalue weighted by Gasteiger charge is -2.15. The van der Waals surface area contributed by atoms with Crippen LogP contribution in [0.15, 0.2) is 39.8 Å². The molecule has 0 aliphatic carbocycles. The molecule has 1 aliphatic rings. The van der Waals surface area contributed by atoms with Crippen LogP contribution in [0.1, 0.15) is 39.2 Å². The molecular weight excluding hydrogens is 416 g/mol. The number of hydrogen-bond donors (Lipinski definition) is 0. The molecule has 6 nitrogen and oxygen atoms in total. The number of pyridine rings is 1. The first-order valence-corrected chi connectivity index (χ1v) is 10.9. The molecule has 7 heteroatoms. The number of nitrogens with zero attached hydrogens (tertiary/aromatic N) is 2. The lowest BCUT2D eigenvalue weighted by molar-refractivity contribution is 0.172. The van der Waals surface area contributed by atoms with E-state index in [1.807, 2.05) is 24.6 Å². The molecule has 1 aromatic carbocycles. The van der Waals surface area contributed by atoms with E-state index in [2.05, 4.69) is 11.9 Å². The second-order valence-corrected chi connectivity index (χ2v) is 7.73. The van der Waals surface area contributed by atoms with Gasteiger partial charge in [0, 0.05) is 50.2 Å². The van der Waals surface area contributed by atoms with Crippen molar-refractivity contribution in [1.82, 2.24) is 4.57 Å². The van der Waals surface area contributed by atoms with Gasteiger partial charge in [-0.1, -0.05) is 18.5 Å². The number of halogens is 1. The van der Waals surface area contributed by atoms with Crippen LogP contribution >= 0.6 is 11.6 Å². The van der Waals surface area contributed by atoms with Crippen LogP contribution in [-0.4, -0.2) is 37.7 Å². The van der Waals surface area contributed by atoms with Crippen LogP contribution in [0.4, 0.5) is 0 Å². The summed E-state index contributed by atoms with van der Waals surface area (Å²) >= 11 is 6.49. The van der Waals surface area contributed by atoms with Gasteiger partial charge in [-0.05, 0) is 31.9 Å². The Morgan fingerprint density at radius 1 is 1.32 bits per heavy atom. The molecule has 0 fully saturated rings. The van der Waals surface area contributed by atoms with Gasteiger partial charge in [-0.15, -0.1) is 0 Å². The highest BCUT2D eigenvalue weighted by atomic mass is 35.5. The normalized spacial score (nSPS) is 13.8. The molecule has 0 N–H and O–H groups in total. The van der Waals surface area contributed by atoms with Crippen molar-refractivity contribution in [2.24, 2.45) is 4.99 Å². The van der Waals surface area contributed by atoms with Gasteiger partial charge >= 0.3 is 0 Å². The zero-order valence-electron chi connectivity index (χ0n) is 18.5. The van der Waals surface area contributed by atoms with Crippen molar-refractivity contribution >= 4 is 23.5 Å². The summed E-state index contributed by atoms with van der Waals surface area (Å²) < 4.78 is 18.9. The Balaban J connectivity index is 2.05. The minimum atomic E-state index is -0.0801.